The number of halogens is 1. The third-order valence-electron chi connectivity index (χ3n) is 6.14. The van der Waals surface area contributed by atoms with Gasteiger partial charge in [-0.1, -0.05) is 19.3 Å². The zero-order chi connectivity index (χ0) is 22.7. The van der Waals surface area contributed by atoms with Crippen LogP contribution < -0.4 is 0 Å². The maximum absolute atomic E-state index is 13.2. The number of hydrogen-bond acceptors (Lipinski definition) is 6. The van der Waals surface area contributed by atoms with Crippen LogP contribution in [0.3, 0.4) is 0 Å². The van der Waals surface area contributed by atoms with E-state index in [0.717, 1.165) is 32.1 Å². The average molecular weight is 464 g/mol. The first-order chi connectivity index (χ1) is 15.3. The van der Waals surface area contributed by atoms with Crippen molar-refractivity contribution in [2.75, 3.05) is 18.1 Å². The number of rotatable bonds is 6. The molecule has 172 valence electrons. The predicted molar refractivity (Wildman–Crippen MR) is 115 cm³/mol. The molecule has 8 nitrogen and oxygen atoms in total. The molecule has 0 radical (unpaired) electrons. The molecule has 10 heteroatoms. The quantitative estimate of drug-likeness (QED) is 0.611. The molecule has 1 unspecified atom stereocenters. The summed E-state index contributed by atoms with van der Waals surface area (Å²) in [7, 11) is -3.16. The summed E-state index contributed by atoms with van der Waals surface area (Å²) in [6.45, 7) is -0.472. The summed E-state index contributed by atoms with van der Waals surface area (Å²) in [5, 5.41) is 0. The van der Waals surface area contributed by atoms with Crippen LogP contribution in [-0.4, -0.2) is 64.9 Å². The average Bonchev–Trinajstić information content (AvgIpc) is 3.40. The van der Waals surface area contributed by atoms with Gasteiger partial charge in [-0.3, -0.25) is 9.36 Å². The van der Waals surface area contributed by atoms with E-state index in [2.05, 4.69) is 4.98 Å². The highest BCUT2D eigenvalue weighted by Gasteiger charge is 2.38. The summed E-state index contributed by atoms with van der Waals surface area (Å²) in [6.07, 6.45) is 7.87. The van der Waals surface area contributed by atoms with Crippen LogP contribution in [0.4, 0.5) is 4.39 Å². The lowest BCUT2D eigenvalue weighted by atomic mass is 9.93. The van der Waals surface area contributed by atoms with Gasteiger partial charge in [0, 0.05) is 17.8 Å². The molecule has 32 heavy (non-hydrogen) atoms. The van der Waals surface area contributed by atoms with Crippen molar-refractivity contribution in [3.8, 4) is 5.69 Å². The van der Waals surface area contributed by atoms with Crippen LogP contribution in [0.25, 0.3) is 5.69 Å². The number of amides is 1. The number of carbonyl (C=O) groups excluding carboxylic acids is 2. The Bertz CT molecular complexity index is 1080. The first-order valence-corrected chi connectivity index (χ1v) is 12.6. The predicted octanol–water partition coefficient (Wildman–Crippen LogP) is 2.52. The van der Waals surface area contributed by atoms with Gasteiger partial charge in [-0.15, -0.1) is 0 Å². The molecule has 2 heterocycles. The van der Waals surface area contributed by atoms with E-state index in [1.165, 1.54) is 41.4 Å². The number of esters is 1. The molecular weight excluding hydrogens is 437 g/mol. The molecule has 2 fully saturated rings. The molecule has 1 aliphatic heterocycles. The lowest BCUT2D eigenvalue weighted by Gasteiger charge is -2.38. The molecule has 0 spiro atoms. The largest absolute Gasteiger partial charge is 0.451 e. The first-order valence-electron chi connectivity index (χ1n) is 10.8. The summed E-state index contributed by atoms with van der Waals surface area (Å²) in [5.41, 5.74) is 0.638. The van der Waals surface area contributed by atoms with Gasteiger partial charge in [0.2, 0.25) is 0 Å². The van der Waals surface area contributed by atoms with Crippen LogP contribution in [0.1, 0.15) is 49.0 Å². The van der Waals surface area contributed by atoms with Gasteiger partial charge < -0.3 is 9.64 Å². The van der Waals surface area contributed by atoms with Crippen LogP contribution in [-0.2, 0) is 19.4 Å². The van der Waals surface area contributed by atoms with Gasteiger partial charge in [0.1, 0.15) is 5.82 Å². The molecule has 1 saturated carbocycles. The van der Waals surface area contributed by atoms with Crippen molar-refractivity contribution in [1.82, 2.24) is 14.5 Å². The van der Waals surface area contributed by atoms with Crippen LogP contribution in [0.2, 0.25) is 0 Å². The minimum absolute atomic E-state index is 0.0296. The molecule has 1 aromatic carbocycles. The second kappa shape index (κ2) is 9.40. The number of benzene rings is 1. The number of sulfone groups is 1. The fourth-order valence-electron chi connectivity index (χ4n) is 4.59. The summed E-state index contributed by atoms with van der Waals surface area (Å²) < 4.78 is 44.0. The highest BCUT2D eigenvalue weighted by molar-refractivity contribution is 7.91. The van der Waals surface area contributed by atoms with Gasteiger partial charge in [-0.2, -0.15) is 0 Å². The maximum Gasteiger partial charge on any atom is 0.357 e. The molecule has 2 aliphatic rings. The molecule has 1 atom stereocenters. The SMILES string of the molecule is O=C(OCC(=O)N(C1CCCCC1)C1CCS(=O)(=O)C1)c1cncn1-c1ccc(F)cc1. The minimum atomic E-state index is -3.16. The number of carbonyl (C=O) groups is 2. The van der Waals surface area contributed by atoms with E-state index in [1.54, 1.807) is 4.90 Å². The Labute approximate surface area is 186 Å². The third-order valence-corrected chi connectivity index (χ3v) is 7.89. The molecule has 0 bridgehead atoms. The Hall–Kier alpha value is -2.75. The Morgan fingerprint density at radius 2 is 1.81 bits per heavy atom. The van der Waals surface area contributed by atoms with E-state index in [-0.39, 0.29) is 35.2 Å². The van der Waals surface area contributed by atoms with Crippen molar-refractivity contribution in [2.24, 2.45) is 0 Å². The summed E-state index contributed by atoms with van der Waals surface area (Å²) in [5.74, 6) is -1.48. The summed E-state index contributed by atoms with van der Waals surface area (Å²) in [4.78, 5) is 31.4. The summed E-state index contributed by atoms with van der Waals surface area (Å²) >= 11 is 0. The standard InChI is InChI=1S/C22H26FN3O5S/c23-16-6-8-17(9-7-16)25-15-24-12-20(25)22(28)31-13-21(27)26(18-4-2-1-3-5-18)19-10-11-32(29,30)14-19/h6-9,12,15,18-19H,1-5,10-11,13-14H2. The Kier molecular flexibility index (Phi) is 6.59. The topological polar surface area (TPSA) is 98.6 Å². The maximum atomic E-state index is 13.2. The van der Waals surface area contributed by atoms with E-state index in [1.807, 2.05) is 0 Å². The Morgan fingerprint density at radius 3 is 2.47 bits per heavy atom. The minimum Gasteiger partial charge on any atom is -0.451 e. The van der Waals surface area contributed by atoms with Gasteiger partial charge in [0.15, 0.2) is 22.1 Å². The van der Waals surface area contributed by atoms with E-state index < -0.39 is 28.2 Å². The van der Waals surface area contributed by atoms with Crippen LogP contribution in [0, 0.1) is 5.82 Å². The normalized spacial score (nSPS) is 20.7. The van der Waals surface area contributed by atoms with E-state index in [4.69, 9.17) is 4.74 Å². The fraction of sp³-hybridized carbons (Fsp3) is 0.500. The van der Waals surface area contributed by atoms with Crippen molar-refractivity contribution < 1.29 is 27.1 Å². The smallest absolute Gasteiger partial charge is 0.357 e. The zero-order valence-corrected chi connectivity index (χ0v) is 18.5. The number of aromatic nitrogens is 2. The van der Waals surface area contributed by atoms with Crippen LogP contribution in [0.5, 0.6) is 0 Å². The molecule has 2 aromatic rings. The number of hydrogen-bond donors (Lipinski definition) is 0. The van der Waals surface area contributed by atoms with Crippen molar-refractivity contribution in [2.45, 2.75) is 50.6 Å². The molecule has 1 aliphatic carbocycles. The molecule has 1 saturated heterocycles. The Morgan fingerprint density at radius 1 is 1.09 bits per heavy atom. The van der Waals surface area contributed by atoms with E-state index in [9.17, 15) is 22.4 Å². The van der Waals surface area contributed by atoms with Crippen LogP contribution >= 0.6 is 0 Å². The monoisotopic (exact) mass is 463 g/mol. The molecule has 1 amide bonds. The van der Waals surface area contributed by atoms with Gasteiger partial charge in [0.05, 0.1) is 24.0 Å². The molecule has 4 rings (SSSR count). The van der Waals surface area contributed by atoms with Gasteiger partial charge in [-0.05, 0) is 43.5 Å². The lowest BCUT2D eigenvalue weighted by Crippen LogP contribution is -2.50. The first kappa shape index (κ1) is 22.4. The van der Waals surface area contributed by atoms with Gasteiger partial charge in [-0.25, -0.2) is 22.6 Å². The second-order valence-corrected chi connectivity index (χ2v) is 10.6. The molecule has 1 aromatic heterocycles. The van der Waals surface area contributed by atoms with Crippen molar-refractivity contribution in [1.29, 1.82) is 0 Å². The zero-order valence-electron chi connectivity index (χ0n) is 17.7. The van der Waals surface area contributed by atoms with Gasteiger partial charge >= 0.3 is 5.97 Å². The van der Waals surface area contributed by atoms with Gasteiger partial charge in [0.25, 0.3) is 5.91 Å². The number of imidazole rings is 1. The van der Waals surface area contributed by atoms with Crippen molar-refractivity contribution in [3.63, 3.8) is 0 Å². The third kappa shape index (κ3) is 5.01. The number of ether oxygens (including phenoxy) is 1. The van der Waals surface area contributed by atoms with Crippen LogP contribution in [0.15, 0.2) is 36.8 Å². The van der Waals surface area contributed by atoms with E-state index >= 15 is 0 Å². The summed E-state index contributed by atoms with van der Waals surface area (Å²) in [6, 6.07) is 5.14. The molecule has 0 N–H and O–H groups in total. The number of nitrogens with zero attached hydrogens (tertiary/aromatic N) is 3. The lowest BCUT2D eigenvalue weighted by molar-refractivity contribution is -0.140. The fourth-order valence-corrected chi connectivity index (χ4v) is 6.30. The molecular formula is C22H26FN3O5S. The van der Waals surface area contributed by atoms with Crippen molar-refractivity contribution in [3.05, 3.63) is 48.3 Å². The second-order valence-electron chi connectivity index (χ2n) is 8.35. The highest BCUT2D eigenvalue weighted by Crippen LogP contribution is 2.28. The Balaban J connectivity index is 1.46. The van der Waals surface area contributed by atoms with Crippen molar-refractivity contribution >= 4 is 21.7 Å². The van der Waals surface area contributed by atoms with E-state index in [0.29, 0.717) is 12.1 Å². The highest BCUT2D eigenvalue weighted by atomic mass is 32.2.